The second kappa shape index (κ2) is 4.14. The van der Waals surface area contributed by atoms with Gasteiger partial charge in [0, 0.05) is 5.56 Å². The Hall–Kier alpha value is -2.16. The van der Waals surface area contributed by atoms with Crippen LogP contribution in [0.4, 0.5) is 4.39 Å². The normalized spacial score (nSPS) is 10.1. The molecule has 0 aromatic heterocycles. The molecule has 0 aliphatic carbocycles. The van der Waals surface area contributed by atoms with Crippen LogP contribution < -0.4 is 0 Å². The van der Waals surface area contributed by atoms with Crippen LogP contribution >= 0.6 is 0 Å². The van der Waals surface area contributed by atoms with E-state index in [9.17, 15) is 9.18 Å². The Bertz CT molecular complexity index is 521. The zero-order valence-corrected chi connectivity index (χ0v) is 8.35. The summed E-state index contributed by atoms with van der Waals surface area (Å²) in [5.74, 6) is -1.95. The Kier molecular flexibility index (Phi) is 2.68. The Morgan fingerprint density at radius 2 is 1.69 bits per heavy atom. The van der Waals surface area contributed by atoms with Gasteiger partial charge in [-0.25, -0.2) is 9.18 Å². The third-order valence-corrected chi connectivity index (χ3v) is 2.31. The van der Waals surface area contributed by atoms with Gasteiger partial charge >= 0.3 is 5.97 Å². The molecule has 3 heteroatoms. The summed E-state index contributed by atoms with van der Waals surface area (Å²) in [4.78, 5) is 10.8. The smallest absolute Gasteiger partial charge is 0.338 e. The van der Waals surface area contributed by atoms with Gasteiger partial charge in [-0.15, -0.1) is 0 Å². The van der Waals surface area contributed by atoms with Crippen molar-refractivity contribution >= 4 is 5.97 Å². The summed E-state index contributed by atoms with van der Waals surface area (Å²) in [6.07, 6.45) is 0. The number of halogens is 1. The van der Waals surface area contributed by atoms with Gasteiger partial charge in [-0.2, -0.15) is 0 Å². The standard InChI is InChI=1S/C13H9FO2/c14-12-10(9-5-2-1-3-6-9)7-4-8-11(12)13(15)16/h1-8H,(H,15,16). The molecule has 0 aliphatic heterocycles. The van der Waals surface area contributed by atoms with Crippen molar-refractivity contribution in [3.63, 3.8) is 0 Å². The number of carboxylic acids is 1. The molecule has 1 N–H and O–H groups in total. The molecule has 0 fully saturated rings. The number of carboxylic acid groups (broad SMARTS) is 1. The van der Waals surface area contributed by atoms with Gasteiger partial charge in [0.1, 0.15) is 5.82 Å². The van der Waals surface area contributed by atoms with Crippen LogP contribution in [0.3, 0.4) is 0 Å². The SMILES string of the molecule is O=C(O)c1cccc(-c2ccccc2)c1F. The number of benzene rings is 2. The van der Waals surface area contributed by atoms with Gasteiger partial charge in [0.2, 0.25) is 0 Å². The Labute approximate surface area is 92.0 Å². The predicted molar refractivity (Wildman–Crippen MR) is 58.8 cm³/mol. The fourth-order valence-electron chi connectivity index (χ4n) is 1.54. The summed E-state index contributed by atoms with van der Waals surface area (Å²) in [7, 11) is 0. The van der Waals surface area contributed by atoms with Gasteiger partial charge < -0.3 is 5.11 Å². The maximum atomic E-state index is 13.8. The van der Waals surface area contributed by atoms with Crippen LogP contribution in [0.5, 0.6) is 0 Å². The molecule has 2 nitrogen and oxygen atoms in total. The summed E-state index contributed by atoms with van der Waals surface area (Å²) in [5, 5.41) is 8.80. The van der Waals surface area contributed by atoms with Crippen LogP contribution in [-0.4, -0.2) is 11.1 Å². The van der Waals surface area contributed by atoms with Crippen molar-refractivity contribution in [3.8, 4) is 11.1 Å². The van der Waals surface area contributed by atoms with Crippen molar-refractivity contribution in [2.75, 3.05) is 0 Å². The molecule has 0 radical (unpaired) electrons. The molecule has 0 unspecified atom stereocenters. The lowest BCUT2D eigenvalue weighted by Gasteiger charge is -2.05. The second-order valence-corrected chi connectivity index (χ2v) is 3.34. The highest BCUT2D eigenvalue weighted by molar-refractivity contribution is 5.89. The van der Waals surface area contributed by atoms with Gasteiger partial charge in [-0.1, -0.05) is 42.5 Å². The van der Waals surface area contributed by atoms with Crippen LogP contribution in [0.15, 0.2) is 48.5 Å². The number of rotatable bonds is 2. The molecule has 0 heterocycles. The maximum Gasteiger partial charge on any atom is 0.338 e. The summed E-state index contributed by atoms with van der Waals surface area (Å²) in [5.41, 5.74) is 0.671. The number of hydrogen-bond acceptors (Lipinski definition) is 1. The third-order valence-electron chi connectivity index (χ3n) is 2.31. The molecule has 0 saturated carbocycles. The van der Waals surface area contributed by atoms with Crippen molar-refractivity contribution in [1.82, 2.24) is 0 Å². The number of aromatic carboxylic acids is 1. The number of hydrogen-bond donors (Lipinski definition) is 1. The highest BCUT2D eigenvalue weighted by atomic mass is 19.1. The van der Waals surface area contributed by atoms with Crippen LogP contribution in [0.2, 0.25) is 0 Å². The lowest BCUT2D eigenvalue weighted by atomic mass is 10.0. The average molecular weight is 216 g/mol. The van der Waals surface area contributed by atoms with Gasteiger partial charge in [0.15, 0.2) is 0 Å². The molecular weight excluding hydrogens is 207 g/mol. The highest BCUT2D eigenvalue weighted by Gasteiger charge is 2.14. The Morgan fingerprint density at radius 1 is 1.00 bits per heavy atom. The third kappa shape index (κ3) is 1.80. The van der Waals surface area contributed by atoms with E-state index in [1.54, 1.807) is 30.3 Å². The summed E-state index contributed by atoms with van der Waals surface area (Å²) in [6.45, 7) is 0. The van der Waals surface area contributed by atoms with Gasteiger partial charge in [-0.05, 0) is 11.6 Å². The first-order chi connectivity index (χ1) is 7.70. The second-order valence-electron chi connectivity index (χ2n) is 3.34. The maximum absolute atomic E-state index is 13.8. The first kappa shape index (κ1) is 10.4. The highest BCUT2D eigenvalue weighted by Crippen LogP contribution is 2.24. The minimum absolute atomic E-state index is 0.304. The minimum atomic E-state index is -1.25. The van der Waals surface area contributed by atoms with Crippen LogP contribution in [0.25, 0.3) is 11.1 Å². The Balaban J connectivity index is 2.59. The van der Waals surface area contributed by atoms with E-state index in [4.69, 9.17) is 5.11 Å². The summed E-state index contributed by atoms with van der Waals surface area (Å²) < 4.78 is 13.8. The Morgan fingerprint density at radius 3 is 2.31 bits per heavy atom. The lowest BCUT2D eigenvalue weighted by molar-refractivity contribution is 0.0692. The largest absolute Gasteiger partial charge is 0.478 e. The first-order valence-corrected chi connectivity index (χ1v) is 4.77. The summed E-state index contributed by atoms with van der Waals surface area (Å²) in [6, 6.07) is 13.2. The van der Waals surface area contributed by atoms with Crippen LogP contribution in [-0.2, 0) is 0 Å². The molecule has 0 atom stereocenters. The molecule has 80 valence electrons. The van der Waals surface area contributed by atoms with E-state index < -0.39 is 11.8 Å². The molecule has 0 amide bonds. The average Bonchev–Trinajstić information content (AvgIpc) is 2.30. The van der Waals surface area contributed by atoms with Crippen molar-refractivity contribution in [2.24, 2.45) is 0 Å². The fourth-order valence-corrected chi connectivity index (χ4v) is 1.54. The van der Waals surface area contributed by atoms with Crippen molar-refractivity contribution in [2.45, 2.75) is 0 Å². The monoisotopic (exact) mass is 216 g/mol. The van der Waals surface area contributed by atoms with Gasteiger partial charge in [0.25, 0.3) is 0 Å². The molecule has 16 heavy (non-hydrogen) atoms. The van der Waals surface area contributed by atoms with E-state index in [2.05, 4.69) is 0 Å². The van der Waals surface area contributed by atoms with E-state index in [0.717, 1.165) is 0 Å². The summed E-state index contributed by atoms with van der Waals surface area (Å²) >= 11 is 0. The molecular formula is C13H9FO2. The van der Waals surface area contributed by atoms with E-state index in [1.165, 1.54) is 12.1 Å². The number of carbonyl (C=O) groups is 1. The van der Waals surface area contributed by atoms with Crippen LogP contribution in [0, 0.1) is 5.82 Å². The van der Waals surface area contributed by atoms with Crippen molar-refractivity contribution < 1.29 is 14.3 Å². The van der Waals surface area contributed by atoms with Crippen molar-refractivity contribution in [1.29, 1.82) is 0 Å². The lowest BCUT2D eigenvalue weighted by Crippen LogP contribution is -2.01. The molecule has 0 saturated heterocycles. The van der Waals surface area contributed by atoms with Crippen LogP contribution in [0.1, 0.15) is 10.4 Å². The first-order valence-electron chi connectivity index (χ1n) is 4.77. The van der Waals surface area contributed by atoms with E-state index >= 15 is 0 Å². The zero-order valence-electron chi connectivity index (χ0n) is 8.35. The molecule has 0 spiro atoms. The molecule has 2 rings (SSSR count). The van der Waals surface area contributed by atoms with E-state index in [-0.39, 0.29) is 5.56 Å². The molecule has 0 aliphatic rings. The molecule has 2 aromatic carbocycles. The van der Waals surface area contributed by atoms with Gasteiger partial charge in [0.05, 0.1) is 5.56 Å². The predicted octanol–water partition coefficient (Wildman–Crippen LogP) is 3.19. The van der Waals surface area contributed by atoms with E-state index in [0.29, 0.717) is 11.1 Å². The quantitative estimate of drug-likeness (QED) is 0.837. The van der Waals surface area contributed by atoms with E-state index in [1.807, 2.05) is 6.07 Å². The topological polar surface area (TPSA) is 37.3 Å². The zero-order chi connectivity index (χ0) is 11.5. The molecule has 0 bridgehead atoms. The fraction of sp³-hybridized carbons (Fsp3) is 0. The minimum Gasteiger partial charge on any atom is -0.478 e. The van der Waals surface area contributed by atoms with Gasteiger partial charge in [-0.3, -0.25) is 0 Å². The molecule has 2 aromatic rings. The van der Waals surface area contributed by atoms with Crippen molar-refractivity contribution in [3.05, 3.63) is 59.9 Å².